The number of nitrogens with zero attached hydrogens (tertiary/aromatic N) is 2. The molecule has 1 aromatic heterocycles. The van der Waals surface area contributed by atoms with Crippen LogP contribution in [0.25, 0.3) is 10.9 Å². The van der Waals surface area contributed by atoms with Gasteiger partial charge in [-0.15, -0.1) is 0 Å². The van der Waals surface area contributed by atoms with Crippen LogP contribution < -0.4 is 0 Å². The minimum atomic E-state index is 0.351. The van der Waals surface area contributed by atoms with Crippen molar-refractivity contribution in [3.8, 4) is 5.88 Å². The summed E-state index contributed by atoms with van der Waals surface area (Å²) in [7, 11) is 0. The number of benzene rings is 1. The van der Waals surface area contributed by atoms with Gasteiger partial charge in [-0.2, -0.15) is 0 Å². The zero-order valence-corrected chi connectivity index (χ0v) is 10.4. The molecule has 0 unspecified atom stereocenters. The zero-order valence-electron chi connectivity index (χ0n) is 10.4. The van der Waals surface area contributed by atoms with Gasteiger partial charge in [0.15, 0.2) is 5.88 Å². The summed E-state index contributed by atoms with van der Waals surface area (Å²) < 4.78 is 7.31. The highest BCUT2D eigenvalue weighted by atomic mass is 16.5. The van der Waals surface area contributed by atoms with Crippen molar-refractivity contribution >= 4 is 10.9 Å². The van der Waals surface area contributed by atoms with E-state index in [1.165, 1.54) is 0 Å². The van der Waals surface area contributed by atoms with Crippen molar-refractivity contribution in [3.63, 3.8) is 0 Å². The van der Waals surface area contributed by atoms with E-state index in [1.807, 2.05) is 34.9 Å². The van der Waals surface area contributed by atoms with E-state index < -0.39 is 0 Å². The van der Waals surface area contributed by atoms with E-state index >= 15 is 0 Å². The van der Waals surface area contributed by atoms with Crippen LogP contribution in [-0.4, -0.2) is 47.4 Å². The van der Waals surface area contributed by atoms with Crippen molar-refractivity contribution in [1.82, 2.24) is 9.47 Å². The van der Waals surface area contributed by atoms with Crippen LogP contribution >= 0.6 is 0 Å². The van der Waals surface area contributed by atoms with Gasteiger partial charge in [-0.1, -0.05) is 18.2 Å². The Morgan fingerprint density at radius 2 is 1.89 bits per heavy atom. The zero-order chi connectivity index (χ0) is 12.4. The third kappa shape index (κ3) is 2.21. The summed E-state index contributed by atoms with van der Waals surface area (Å²) >= 11 is 0. The fraction of sp³-hybridized carbons (Fsp3) is 0.429. The molecule has 0 aliphatic carbocycles. The van der Waals surface area contributed by atoms with Crippen molar-refractivity contribution < 1.29 is 9.84 Å². The van der Waals surface area contributed by atoms with Crippen LogP contribution in [0.2, 0.25) is 0 Å². The van der Waals surface area contributed by atoms with Crippen LogP contribution in [0.5, 0.6) is 5.88 Å². The van der Waals surface area contributed by atoms with Gasteiger partial charge >= 0.3 is 0 Å². The first-order valence-electron chi connectivity index (χ1n) is 6.42. The fourth-order valence-corrected chi connectivity index (χ4v) is 2.50. The quantitative estimate of drug-likeness (QED) is 0.895. The van der Waals surface area contributed by atoms with Crippen LogP contribution in [-0.2, 0) is 11.3 Å². The van der Waals surface area contributed by atoms with Gasteiger partial charge in [0.05, 0.1) is 18.7 Å². The molecule has 1 N–H and O–H groups in total. The maximum absolute atomic E-state index is 9.98. The molecule has 18 heavy (non-hydrogen) atoms. The number of hydrogen-bond donors (Lipinski definition) is 1. The Hall–Kier alpha value is -1.52. The summed E-state index contributed by atoms with van der Waals surface area (Å²) in [6, 6.07) is 9.91. The predicted molar refractivity (Wildman–Crippen MR) is 70.9 cm³/mol. The molecule has 0 atom stereocenters. The molecule has 1 saturated heterocycles. The smallest absolute Gasteiger partial charge is 0.192 e. The third-order valence-corrected chi connectivity index (χ3v) is 3.53. The largest absolute Gasteiger partial charge is 0.494 e. The molecule has 4 nitrogen and oxygen atoms in total. The Morgan fingerprint density at radius 1 is 1.11 bits per heavy atom. The molecule has 0 amide bonds. The number of aromatic nitrogens is 1. The van der Waals surface area contributed by atoms with E-state index in [0.717, 1.165) is 50.3 Å². The standard InChI is InChI=1S/C14H18N2O2/c17-14-11-12-3-1-2-4-13(12)16(14)6-5-15-7-9-18-10-8-15/h1-4,11,17H,5-10H2. The van der Waals surface area contributed by atoms with Crippen LogP contribution in [0.15, 0.2) is 30.3 Å². The Bertz CT molecular complexity index is 530. The summed E-state index contributed by atoms with van der Waals surface area (Å²) in [5.74, 6) is 0.351. The first-order valence-corrected chi connectivity index (χ1v) is 6.42. The number of para-hydroxylation sites is 1. The Balaban J connectivity index is 1.75. The molecular formula is C14H18N2O2. The van der Waals surface area contributed by atoms with E-state index in [1.54, 1.807) is 0 Å². The lowest BCUT2D eigenvalue weighted by Gasteiger charge is -2.26. The van der Waals surface area contributed by atoms with Crippen molar-refractivity contribution in [2.75, 3.05) is 32.8 Å². The summed E-state index contributed by atoms with van der Waals surface area (Å²) in [4.78, 5) is 2.37. The molecule has 1 aromatic carbocycles. The van der Waals surface area contributed by atoms with Crippen molar-refractivity contribution in [1.29, 1.82) is 0 Å². The average molecular weight is 246 g/mol. The normalized spacial score (nSPS) is 17.3. The number of aromatic hydroxyl groups is 1. The lowest BCUT2D eigenvalue weighted by atomic mass is 10.2. The molecule has 1 aliphatic rings. The van der Waals surface area contributed by atoms with E-state index in [4.69, 9.17) is 4.74 Å². The van der Waals surface area contributed by atoms with Gasteiger partial charge in [-0.3, -0.25) is 4.90 Å². The SMILES string of the molecule is Oc1cc2ccccc2n1CCN1CCOCC1. The summed E-state index contributed by atoms with van der Waals surface area (Å²) in [6.07, 6.45) is 0. The van der Waals surface area contributed by atoms with E-state index in [2.05, 4.69) is 4.90 Å². The molecule has 2 aromatic rings. The maximum atomic E-state index is 9.98. The van der Waals surface area contributed by atoms with Gasteiger partial charge < -0.3 is 14.4 Å². The Morgan fingerprint density at radius 3 is 2.72 bits per heavy atom. The Kier molecular flexibility index (Phi) is 3.21. The minimum Gasteiger partial charge on any atom is -0.494 e. The molecule has 1 fully saturated rings. The van der Waals surface area contributed by atoms with E-state index in [0.29, 0.717) is 5.88 Å². The number of hydrogen-bond acceptors (Lipinski definition) is 3. The molecule has 1 aliphatic heterocycles. The third-order valence-electron chi connectivity index (χ3n) is 3.53. The van der Waals surface area contributed by atoms with Crippen molar-refractivity contribution in [3.05, 3.63) is 30.3 Å². The predicted octanol–water partition coefficient (Wildman–Crippen LogP) is 1.68. The number of rotatable bonds is 3. The van der Waals surface area contributed by atoms with Crippen molar-refractivity contribution in [2.24, 2.45) is 0 Å². The average Bonchev–Trinajstić information content (AvgIpc) is 2.73. The highest BCUT2D eigenvalue weighted by Gasteiger charge is 2.12. The van der Waals surface area contributed by atoms with Crippen molar-refractivity contribution in [2.45, 2.75) is 6.54 Å². The second-order valence-electron chi connectivity index (χ2n) is 4.67. The highest BCUT2D eigenvalue weighted by Crippen LogP contribution is 2.24. The molecule has 96 valence electrons. The number of fused-ring (bicyclic) bond motifs is 1. The van der Waals surface area contributed by atoms with Gasteiger partial charge in [0.25, 0.3) is 0 Å². The monoisotopic (exact) mass is 246 g/mol. The van der Waals surface area contributed by atoms with Crippen LogP contribution in [0.1, 0.15) is 0 Å². The molecule has 0 saturated carbocycles. The Labute approximate surface area is 106 Å². The van der Waals surface area contributed by atoms with Gasteiger partial charge in [-0.25, -0.2) is 0 Å². The summed E-state index contributed by atoms with van der Waals surface area (Å²) in [5.41, 5.74) is 1.10. The number of ether oxygens (including phenoxy) is 1. The number of morpholine rings is 1. The highest BCUT2D eigenvalue weighted by molar-refractivity contribution is 5.82. The molecule has 0 bridgehead atoms. The second-order valence-corrected chi connectivity index (χ2v) is 4.67. The van der Waals surface area contributed by atoms with E-state index in [9.17, 15) is 5.11 Å². The van der Waals surface area contributed by atoms with Gasteiger partial charge in [0.1, 0.15) is 0 Å². The minimum absolute atomic E-state index is 0.351. The first-order chi connectivity index (χ1) is 8.84. The molecule has 3 rings (SSSR count). The van der Waals surface area contributed by atoms with Crippen LogP contribution in [0.3, 0.4) is 0 Å². The molecule has 4 heteroatoms. The first kappa shape index (κ1) is 11.6. The summed E-state index contributed by atoms with van der Waals surface area (Å²) in [6.45, 7) is 5.38. The van der Waals surface area contributed by atoms with Gasteiger partial charge in [0, 0.05) is 37.6 Å². The molecular weight excluding hydrogens is 228 g/mol. The molecule has 2 heterocycles. The van der Waals surface area contributed by atoms with E-state index in [-0.39, 0.29) is 0 Å². The van der Waals surface area contributed by atoms with Crippen LogP contribution in [0.4, 0.5) is 0 Å². The lowest BCUT2D eigenvalue weighted by Crippen LogP contribution is -2.38. The topological polar surface area (TPSA) is 37.6 Å². The van der Waals surface area contributed by atoms with Gasteiger partial charge in [-0.05, 0) is 6.07 Å². The van der Waals surface area contributed by atoms with Gasteiger partial charge in [0.2, 0.25) is 0 Å². The molecule has 0 radical (unpaired) electrons. The summed E-state index contributed by atoms with van der Waals surface area (Å²) in [5, 5.41) is 11.1. The maximum Gasteiger partial charge on any atom is 0.192 e. The second kappa shape index (κ2) is 5.00. The molecule has 0 spiro atoms. The van der Waals surface area contributed by atoms with Crippen LogP contribution in [0, 0.1) is 0 Å². The fourth-order valence-electron chi connectivity index (χ4n) is 2.50. The lowest BCUT2D eigenvalue weighted by molar-refractivity contribution is 0.0363.